The second kappa shape index (κ2) is 11.0. The van der Waals surface area contributed by atoms with Gasteiger partial charge in [0.2, 0.25) is 0 Å². The summed E-state index contributed by atoms with van der Waals surface area (Å²) in [5.41, 5.74) is 1.44. The van der Waals surface area contributed by atoms with Crippen molar-refractivity contribution in [2.45, 2.75) is 30.5 Å². The molecule has 0 aliphatic carbocycles. The number of hydrogen-bond acceptors (Lipinski definition) is 11. The van der Waals surface area contributed by atoms with Crippen molar-refractivity contribution < 1.29 is 53.4 Å². The van der Waals surface area contributed by atoms with Gasteiger partial charge >= 0.3 is 6.16 Å². The lowest BCUT2D eigenvalue weighted by molar-refractivity contribution is -0.232. The summed E-state index contributed by atoms with van der Waals surface area (Å²) < 4.78 is 25.6. The summed E-state index contributed by atoms with van der Waals surface area (Å²) in [6, 6.07) is 9.62. The molecule has 196 valence electrons. The molecule has 2 aromatic carbocycles. The Bertz CT molecular complexity index is 1310. The Balaban J connectivity index is 1.62. The number of methoxy groups -OCH3 is 2. The average Bonchev–Trinajstić information content (AvgIpc) is 3.37. The van der Waals surface area contributed by atoms with Gasteiger partial charge in [0.1, 0.15) is 54.2 Å². The van der Waals surface area contributed by atoms with Crippen LogP contribution in [-0.2, 0) is 14.2 Å². The molecule has 11 heteroatoms. The minimum Gasteiger partial charge on any atom is -0.507 e. The minimum absolute atomic E-state index is 0.0590. The van der Waals surface area contributed by atoms with Crippen LogP contribution in [0.4, 0.5) is 4.79 Å². The molecular formula is C26H26O11. The number of phenolic OH excluding ortho intramolecular Hbond substituents is 1. The van der Waals surface area contributed by atoms with Gasteiger partial charge in [-0.25, -0.2) is 4.79 Å². The number of aliphatic hydroxyl groups is 3. The normalized spacial score (nSPS) is 23.8. The predicted octanol–water partition coefficient (Wildman–Crippen LogP) is 2.35. The highest BCUT2D eigenvalue weighted by molar-refractivity contribution is 6.09. The smallest absolute Gasteiger partial charge is 0.507 e. The zero-order valence-electron chi connectivity index (χ0n) is 19.9. The van der Waals surface area contributed by atoms with Crippen molar-refractivity contribution in [2.75, 3.05) is 20.8 Å². The summed E-state index contributed by atoms with van der Waals surface area (Å²) in [5, 5.41) is 42.7. The third kappa shape index (κ3) is 5.44. The highest BCUT2D eigenvalue weighted by atomic mass is 16.7. The first-order valence-electron chi connectivity index (χ1n) is 11.2. The molecule has 4 rings (SSSR count). The van der Waals surface area contributed by atoms with Crippen LogP contribution in [0.1, 0.15) is 27.6 Å². The SMILES string of the molecule is COC(=O)OC[C@H]1O[C@@H](c2cc(C(=O)C=Cc3ccc4occc4c3)c(O)cc2OC)[C@H](O)[C@@H](O)[C@@H]1O. The quantitative estimate of drug-likeness (QED) is 0.208. The number of fused-ring (bicyclic) bond motifs is 1. The number of rotatable bonds is 7. The van der Waals surface area contributed by atoms with E-state index in [4.69, 9.17) is 18.6 Å². The number of carbonyl (C=O) groups is 2. The van der Waals surface area contributed by atoms with E-state index in [2.05, 4.69) is 4.74 Å². The Labute approximate surface area is 211 Å². The lowest BCUT2D eigenvalue weighted by atomic mass is 9.89. The number of furan rings is 1. The highest BCUT2D eigenvalue weighted by Gasteiger charge is 2.46. The monoisotopic (exact) mass is 514 g/mol. The first-order valence-corrected chi connectivity index (χ1v) is 11.2. The number of phenols is 1. The van der Waals surface area contributed by atoms with Crippen LogP contribution in [0.2, 0.25) is 0 Å². The largest absolute Gasteiger partial charge is 0.508 e. The van der Waals surface area contributed by atoms with Crippen LogP contribution < -0.4 is 4.74 Å². The van der Waals surface area contributed by atoms with Crippen LogP contribution in [0.15, 0.2) is 53.2 Å². The summed E-state index contributed by atoms with van der Waals surface area (Å²) in [6.07, 6.45) is -4.07. The Morgan fingerprint density at radius 2 is 1.81 bits per heavy atom. The molecule has 1 aliphatic rings. The van der Waals surface area contributed by atoms with E-state index in [1.807, 2.05) is 6.07 Å². The van der Waals surface area contributed by atoms with E-state index in [1.54, 1.807) is 30.5 Å². The van der Waals surface area contributed by atoms with Gasteiger partial charge in [-0.1, -0.05) is 12.1 Å². The number of aliphatic hydroxyl groups excluding tert-OH is 3. The Morgan fingerprint density at radius 1 is 1.03 bits per heavy atom. The highest BCUT2D eigenvalue weighted by Crippen LogP contribution is 2.40. The maximum atomic E-state index is 13.0. The molecule has 0 bridgehead atoms. The van der Waals surface area contributed by atoms with Crippen molar-refractivity contribution >= 4 is 29.0 Å². The Kier molecular flexibility index (Phi) is 7.79. The molecule has 0 amide bonds. The standard InChI is InChI=1S/C26H26O11/c1-33-20-11-18(28)15(17(27)5-3-13-4-6-19-14(9-13)7-8-35-19)10-16(20)25-24(31)23(30)22(29)21(37-25)12-36-26(32)34-2/h3-11,21-25,28-31H,12H2,1-2H3/t21-,22-,23+,24-,25+/m1/s1. The minimum atomic E-state index is -1.68. The van der Waals surface area contributed by atoms with Crippen molar-refractivity contribution in [1.82, 2.24) is 0 Å². The van der Waals surface area contributed by atoms with E-state index < -0.39 is 49.1 Å². The molecule has 5 atom stereocenters. The van der Waals surface area contributed by atoms with Crippen molar-refractivity contribution in [2.24, 2.45) is 0 Å². The topological polar surface area (TPSA) is 165 Å². The van der Waals surface area contributed by atoms with Gasteiger partial charge in [0.25, 0.3) is 0 Å². The zero-order valence-corrected chi connectivity index (χ0v) is 19.9. The Hall–Kier alpha value is -3.90. The van der Waals surface area contributed by atoms with E-state index in [9.17, 15) is 30.0 Å². The number of hydrogen-bond donors (Lipinski definition) is 4. The van der Waals surface area contributed by atoms with Gasteiger partial charge in [-0.3, -0.25) is 4.79 Å². The molecule has 0 unspecified atom stereocenters. The van der Waals surface area contributed by atoms with Gasteiger partial charge in [0.05, 0.1) is 26.0 Å². The third-order valence-electron chi connectivity index (χ3n) is 6.07. The van der Waals surface area contributed by atoms with Crippen LogP contribution >= 0.6 is 0 Å². The zero-order chi connectivity index (χ0) is 26.7. The first-order chi connectivity index (χ1) is 17.7. The molecular weight excluding hydrogens is 488 g/mol. The van der Waals surface area contributed by atoms with Crippen molar-refractivity contribution in [1.29, 1.82) is 0 Å². The predicted molar refractivity (Wildman–Crippen MR) is 128 cm³/mol. The number of carbonyl (C=O) groups excluding carboxylic acids is 2. The summed E-state index contributed by atoms with van der Waals surface area (Å²) >= 11 is 0. The lowest BCUT2D eigenvalue weighted by Gasteiger charge is -2.40. The molecule has 0 radical (unpaired) electrons. The van der Waals surface area contributed by atoms with Gasteiger partial charge in [0.15, 0.2) is 5.78 Å². The lowest BCUT2D eigenvalue weighted by Crippen LogP contribution is -2.55. The molecule has 0 spiro atoms. The third-order valence-corrected chi connectivity index (χ3v) is 6.07. The molecule has 0 saturated carbocycles. The van der Waals surface area contributed by atoms with E-state index in [0.717, 1.165) is 18.1 Å². The van der Waals surface area contributed by atoms with Gasteiger partial charge in [-0.05, 0) is 35.9 Å². The van der Waals surface area contributed by atoms with Crippen LogP contribution in [0.3, 0.4) is 0 Å². The summed E-state index contributed by atoms with van der Waals surface area (Å²) in [6.45, 7) is -0.482. The number of allylic oxidation sites excluding steroid dienone is 1. The van der Waals surface area contributed by atoms with Gasteiger partial charge in [-0.2, -0.15) is 0 Å². The molecule has 1 saturated heterocycles. The summed E-state index contributed by atoms with van der Waals surface area (Å²) in [5.74, 6) is -0.870. The number of aromatic hydroxyl groups is 1. The van der Waals surface area contributed by atoms with Crippen molar-refractivity contribution in [3.05, 3.63) is 65.4 Å². The van der Waals surface area contributed by atoms with Crippen LogP contribution in [0, 0.1) is 0 Å². The second-order valence-electron chi connectivity index (χ2n) is 8.36. The summed E-state index contributed by atoms with van der Waals surface area (Å²) in [7, 11) is 2.41. The fourth-order valence-electron chi connectivity index (χ4n) is 4.09. The molecule has 4 N–H and O–H groups in total. The number of ether oxygens (including phenoxy) is 4. The van der Waals surface area contributed by atoms with E-state index in [1.165, 1.54) is 25.3 Å². The molecule has 1 fully saturated rings. The fourth-order valence-corrected chi connectivity index (χ4v) is 4.09. The molecule has 11 nitrogen and oxygen atoms in total. The molecule has 1 aliphatic heterocycles. The van der Waals surface area contributed by atoms with E-state index in [-0.39, 0.29) is 22.6 Å². The molecule has 2 heterocycles. The first kappa shape index (κ1) is 26.2. The van der Waals surface area contributed by atoms with Crippen LogP contribution in [0.5, 0.6) is 11.5 Å². The molecule has 1 aromatic heterocycles. The van der Waals surface area contributed by atoms with Crippen LogP contribution in [0.25, 0.3) is 17.0 Å². The maximum absolute atomic E-state index is 13.0. The molecule has 3 aromatic rings. The maximum Gasteiger partial charge on any atom is 0.508 e. The fraction of sp³-hybridized carbons (Fsp3) is 0.308. The van der Waals surface area contributed by atoms with Crippen molar-refractivity contribution in [3.8, 4) is 11.5 Å². The number of benzene rings is 2. The van der Waals surface area contributed by atoms with E-state index in [0.29, 0.717) is 5.58 Å². The second-order valence-corrected chi connectivity index (χ2v) is 8.36. The van der Waals surface area contributed by atoms with Gasteiger partial charge in [0, 0.05) is 17.0 Å². The van der Waals surface area contributed by atoms with E-state index >= 15 is 0 Å². The van der Waals surface area contributed by atoms with Gasteiger partial charge in [-0.15, -0.1) is 0 Å². The summed E-state index contributed by atoms with van der Waals surface area (Å²) in [4.78, 5) is 24.3. The Morgan fingerprint density at radius 3 is 2.54 bits per heavy atom. The van der Waals surface area contributed by atoms with Crippen LogP contribution in [-0.4, -0.2) is 77.6 Å². The van der Waals surface area contributed by atoms with Crippen molar-refractivity contribution in [3.63, 3.8) is 0 Å². The number of ketones is 1. The molecule has 37 heavy (non-hydrogen) atoms. The van der Waals surface area contributed by atoms with Gasteiger partial charge < -0.3 is 43.8 Å². The average molecular weight is 514 g/mol.